The lowest BCUT2D eigenvalue weighted by Gasteiger charge is -2.19. The van der Waals surface area contributed by atoms with Gasteiger partial charge in [-0.3, -0.25) is 0 Å². The van der Waals surface area contributed by atoms with Crippen LogP contribution in [0.25, 0.3) is 0 Å². The SMILES string of the molecule is Cc1cccc(C[C@@H](O)C=C[C@@H]2[C@H]3CC(CCCCCNCc4ccccc4)=C[C@H]3C[C@H]2O)c1. The number of aliphatic hydroxyl groups is 2. The Morgan fingerprint density at radius 3 is 2.68 bits per heavy atom. The molecule has 1 fully saturated rings. The van der Waals surface area contributed by atoms with Crippen LogP contribution in [0.4, 0.5) is 0 Å². The van der Waals surface area contributed by atoms with Crippen molar-refractivity contribution in [2.24, 2.45) is 17.8 Å². The van der Waals surface area contributed by atoms with Crippen LogP contribution in [0.3, 0.4) is 0 Å². The van der Waals surface area contributed by atoms with Crippen LogP contribution < -0.4 is 5.32 Å². The third-order valence-corrected chi connectivity index (χ3v) is 7.56. The van der Waals surface area contributed by atoms with Crippen LogP contribution in [-0.2, 0) is 13.0 Å². The summed E-state index contributed by atoms with van der Waals surface area (Å²) >= 11 is 0. The average Bonchev–Trinajstić information content (AvgIpc) is 3.34. The number of allylic oxidation sites excluding steroid dienone is 2. The molecule has 3 nitrogen and oxygen atoms in total. The highest BCUT2D eigenvalue weighted by Gasteiger charge is 2.43. The van der Waals surface area contributed by atoms with E-state index < -0.39 is 6.10 Å². The molecule has 4 rings (SSSR count). The summed E-state index contributed by atoms with van der Waals surface area (Å²) in [6.07, 6.45) is 13.2. The van der Waals surface area contributed by atoms with Crippen molar-refractivity contribution in [2.75, 3.05) is 6.54 Å². The van der Waals surface area contributed by atoms with Gasteiger partial charge in [-0.25, -0.2) is 0 Å². The maximum atomic E-state index is 10.6. The van der Waals surface area contributed by atoms with Crippen LogP contribution in [0, 0.1) is 24.7 Å². The fourth-order valence-corrected chi connectivity index (χ4v) is 5.80. The van der Waals surface area contributed by atoms with Crippen LogP contribution in [0.1, 0.15) is 55.2 Å². The second-order valence-corrected chi connectivity index (χ2v) is 10.4. The van der Waals surface area contributed by atoms with Crippen molar-refractivity contribution in [3.8, 4) is 0 Å². The molecule has 0 aliphatic heterocycles. The summed E-state index contributed by atoms with van der Waals surface area (Å²) in [5, 5.41) is 24.7. The molecule has 0 amide bonds. The Balaban J connectivity index is 1.15. The molecule has 0 spiro atoms. The van der Waals surface area contributed by atoms with E-state index >= 15 is 0 Å². The van der Waals surface area contributed by atoms with E-state index in [-0.39, 0.29) is 12.0 Å². The number of nitrogens with one attached hydrogen (secondary N) is 1. The number of aliphatic hydroxyl groups excluding tert-OH is 2. The van der Waals surface area contributed by atoms with Gasteiger partial charge in [0.2, 0.25) is 0 Å². The van der Waals surface area contributed by atoms with Gasteiger partial charge in [-0.2, -0.15) is 0 Å². The van der Waals surface area contributed by atoms with Crippen LogP contribution in [0.15, 0.2) is 78.4 Å². The van der Waals surface area contributed by atoms with Crippen LogP contribution in [-0.4, -0.2) is 29.0 Å². The van der Waals surface area contributed by atoms with E-state index in [2.05, 4.69) is 72.9 Å². The maximum Gasteiger partial charge on any atom is 0.0761 e. The summed E-state index contributed by atoms with van der Waals surface area (Å²) < 4.78 is 0. The smallest absolute Gasteiger partial charge is 0.0761 e. The molecular formula is C31H41NO2. The van der Waals surface area contributed by atoms with E-state index in [0.717, 1.165) is 31.5 Å². The quantitative estimate of drug-likeness (QED) is 0.280. The minimum absolute atomic E-state index is 0.160. The first kappa shape index (κ1) is 24.9. The van der Waals surface area contributed by atoms with Gasteiger partial charge in [0.25, 0.3) is 0 Å². The third-order valence-electron chi connectivity index (χ3n) is 7.56. The molecule has 2 aromatic carbocycles. The van der Waals surface area contributed by atoms with Crippen molar-refractivity contribution in [2.45, 2.75) is 70.6 Å². The summed E-state index contributed by atoms with van der Waals surface area (Å²) in [6.45, 7) is 4.10. The van der Waals surface area contributed by atoms with Crippen molar-refractivity contribution in [1.29, 1.82) is 0 Å². The summed E-state index contributed by atoms with van der Waals surface area (Å²) in [5.41, 5.74) is 5.30. The molecule has 3 heteroatoms. The van der Waals surface area contributed by atoms with Gasteiger partial charge in [-0.1, -0.05) is 90.4 Å². The molecule has 0 saturated heterocycles. The molecule has 0 unspecified atom stereocenters. The van der Waals surface area contributed by atoms with E-state index in [9.17, 15) is 10.2 Å². The molecule has 2 aliphatic carbocycles. The van der Waals surface area contributed by atoms with Crippen molar-refractivity contribution in [1.82, 2.24) is 5.32 Å². The molecule has 2 aliphatic rings. The zero-order valence-electron chi connectivity index (χ0n) is 20.6. The fourth-order valence-electron chi connectivity index (χ4n) is 5.80. The standard InChI is InChI=1S/C31H41NO2/c1-23-9-8-13-25(17-23)19-28(33)14-15-29-30-20-26(18-27(30)21-31(29)34)12-6-3-7-16-32-22-24-10-4-2-5-11-24/h2,4-5,8-11,13-15,17-18,27-34H,3,6-7,12,16,19-22H2,1H3/t27-,28-,29+,30-,31+/m0/s1. The molecule has 182 valence electrons. The van der Waals surface area contributed by atoms with E-state index in [1.165, 1.54) is 36.8 Å². The molecule has 5 atom stereocenters. The van der Waals surface area contributed by atoms with Crippen molar-refractivity contribution < 1.29 is 10.2 Å². The highest BCUT2D eigenvalue weighted by molar-refractivity contribution is 5.24. The van der Waals surface area contributed by atoms with Gasteiger partial charge in [0.05, 0.1) is 12.2 Å². The largest absolute Gasteiger partial charge is 0.392 e. The average molecular weight is 460 g/mol. The van der Waals surface area contributed by atoms with Gasteiger partial charge in [0.1, 0.15) is 0 Å². The molecular weight excluding hydrogens is 418 g/mol. The Morgan fingerprint density at radius 2 is 1.85 bits per heavy atom. The van der Waals surface area contributed by atoms with Crippen molar-refractivity contribution in [3.05, 3.63) is 95.1 Å². The summed E-state index contributed by atoms with van der Waals surface area (Å²) in [6, 6.07) is 18.9. The first-order valence-electron chi connectivity index (χ1n) is 13.1. The Morgan fingerprint density at radius 1 is 1.03 bits per heavy atom. The van der Waals surface area contributed by atoms with E-state index in [4.69, 9.17) is 0 Å². The second-order valence-electron chi connectivity index (χ2n) is 10.4. The predicted molar refractivity (Wildman–Crippen MR) is 140 cm³/mol. The second kappa shape index (κ2) is 12.5. The van der Waals surface area contributed by atoms with Crippen molar-refractivity contribution >= 4 is 0 Å². The zero-order chi connectivity index (χ0) is 23.8. The molecule has 0 radical (unpaired) electrons. The first-order valence-corrected chi connectivity index (χ1v) is 13.1. The van der Waals surface area contributed by atoms with E-state index in [1.807, 2.05) is 12.1 Å². The molecule has 1 saturated carbocycles. The zero-order valence-corrected chi connectivity index (χ0v) is 20.6. The molecule has 0 aromatic heterocycles. The minimum atomic E-state index is -0.502. The molecule has 3 N–H and O–H groups in total. The van der Waals surface area contributed by atoms with Gasteiger partial charge in [-0.15, -0.1) is 0 Å². The van der Waals surface area contributed by atoms with Crippen LogP contribution >= 0.6 is 0 Å². The van der Waals surface area contributed by atoms with E-state index in [0.29, 0.717) is 18.3 Å². The van der Waals surface area contributed by atoms with Gasteiger partial charge < -0.3 is 15.5 Å². The lowest BCUT2D eigenvalue weighted by molar-refractivity contribution is 0.140. The topological polar surface area (TPSA) is 52.5 Å². The Bertz CT molecular complexity index is 951. The fraction of sp³-hybridized carbons (Fsp3) is 0.484. The highest BCUT2D eigenvalue weighted by Crippen LogP contribution is 2.48. The number of hydrogen-bond donors (Lipinski definition) is 3. The predicted octanol–water partition coefficient (Wildman–Crippen LogP) is 5.75. The molecule has 0 heterocycles. The van der Waals surface area contributed by atoms with Gasteiger partial charge in [0, 0.05) is 18.9 Å². The summed E-state index contributed by atoms with van der Waals surface area (Å²) in [7, 11) is 0. The van der Waals surface area contributed by atoms with Gasteiger partial charge >= 0.3 is 0 Å². The Labute approximate surface area is 205 Å². The summed E-state index contributed by atoms with van der Waals surface area (Å²) in [5.74, 6) is 1.16. The number of unbranched alkanes of at least 4 members (excludes halogenated alkanes) is 2. The monoisotopic (exact) mass is 459 g/mol. The lowest BCUT2D eigenvalue weighted by Crippen LogP contribution is -2.18. The Hall–Kier alpha value is -2.20. The number of rotatable bonds is 12. The summed E-state index contributed by atoms with van der Waals surface area (Å²) in [4.78, 5) is 0. The van der Waals surface area contributed by atoms with Crippen LogP contribution in [0.2, 0.25) is 0 Å². The minimum Gasteiger partial charge on any atom is -0.392 e. The number of benzene rings is 2. The first-order chi connectivity index (χ1) is 16.6. The Kier molecular flexibility index (Phi) is 9.15. The van der Waals surface area contributed by atoms with Gasteiger partial charge in [0.15, 0.2) is 0 Å². The van der Waals surface area contributed by atoms with Gasteiger partial charge in [-0.05, 0) is 68.5 Å². The normalized spacial score (nSPS) is 25.0. The lowest BCUT2D eigenvalue weighted by atomic mass is 9.88. The third kappa shape index (κ3) is 7.15. The molecule has 0 bridgehead atoms. The van der Waals surface area contributed by atoms with Crippen molar-refractivity contribution in [3.63, 3.8) is 0 Å². The highest BCUT2D eigenvalue weighted by atomic mass is 16.3. The van der Waals surface area contributed by atoms with E-state index in [1.54, 1.807) is 5.57 Å². The number of fused-ring (bicyclic) bond motifs is 1. The number of hydrogen-bond acceptors (Lipinski definition) is 3. The maximum absolute atomic E-state index is 10.6. The number of aryl methyl sites for hydroxylation is 1. The van der Waals surface area contributed by atoms with Crippen LogP contribution in [0.5, 0.6) is 0 Å². The molecule has 2 aromatic rings. The molecule has 34 heavy (non-hydrogen) atoms.